The summed E-state index contributed by atoms with van der Waals surface area (Å²) >= 11 is 0. The Kier molecular flexibility index (Phi) is 5.35. The molecule has 1 N–H and O–H groups in total. The highest BCUT2D eigenvalue weighted by atomic mass is 16.5. The number of carbonyl (C=O) groups is 2. The number of Topliss-reactive ketones (excluding diaryl/α,β-unsaturated/α-hetero) is 1. The van der Waals surface area contributed by atoms with Crippen LogP contribution in [0.3, 0.4) is 0 Å². The molecule has 0 saturated carbocycles. The molecule has 0 fully saturated rings. The van der Waals surface area contributed by atoms with Crippen LogP contribution >= 0.6 is 0 Å². The second kappa shape index (κ2) is 8.25. The number of aromatic nitrogens is 1. The Hall–Kier alpha value is -3.86. The maximum Gasteiger partial charge on any atom is 0.340 e. The summed E-state index contributed by atoms with van der Waals surface area (Å²) in [7, 11) is 3.68. The highest BCUT2D eigenvalue weighted by molar-refractivity contribution is 6.14. The van der Waals surface area contributed by atoms with Crippen LogP contribution in [-0.4, -0.2) is 30.0 Å². The Balaban J connectivity index is 1.69. The molecule has 1 heterocycles. The second-order valence-electron chi connectivity index (χ2n) is 6.96. The number of rotatable bonds is 6. The standard InChI is InChI=1S/C25H22N2O3/c1-26-20-14-8-6-12-18(20)25(29)30-16-22(28)23-19-13-7-9-15-21(19)27(2)24(23)17-10-4-3-5-11-17/h3-15,26H,16H2,1-2H3. The molecular formula is C25H22N2O3. The third kappa shape index (κ3) is 3.46. The van der Waals surface area contributed by atoms with Gasteiger partial charge in [-0.15, -0.1) is 0 Å². The van der Waals surface area contributed by atoms with E-state index in [9.17, 15) is 9.59 Å². The largest absolute Gasteiger partial charge is 0.454 e. The Morgan fingerprint density at radius 1 is 0.900 bits per heavy atom. The van der Waals surface area contributed by atoms with Crippen molar-refractivity contribution in [3.05, 3.63) is 90.0 Å². The van der Waals surface area contributed by atoms with Crippen molar-refractivity contribution in [2.75, 3.05) is 19.0 Å². The van der Waals surface area contributed by atoms with Crippen LogP contribution in [-0.2, 0) is 11.8 Å². The summed E-state index contributed by atoms with van der Waals surface area (Å²) in [4.78, 5) is 25.8. The third-order valence-electron chi connectivity index (χ3n) is 5.18. The van der Waals surface area contributed by atoms with Crippen LogP contribution in [0.1, 0.15) is 20.7 Å². The second-order valence-corrected chi connectivity index (χ2v) is 6.96. The minimum atomic E-state index is -0.533. The fraction of sp³-hybridized carbons (Fsp3) is 0.120. The zero-order chi connectivity index (χ0) is 21.1. The molecule has 0 atom stereocenters. The van der Waals surface area contributed by atoms with Gasteiger partial charge < -0.3 is 14.6 Å². The molecule has 5 heteroatoms. The lowest BCUT2D eigenvalue weighted by Gasteiger charge is -2.10. The highest BCUT2D eigenvalue weighted by Gasteiger charge is 2.23. The van der Waals surface area contributed by atoms with Gasteiger partial charge in [0, 0.05) is 30.7 Å². The van der Waals surface area contributed by atoms with Gasteiger partial charge in [0.15, 0.2) is 6.61 Å². The number of hydrogen-bond acceptors (Lipinski definition) is 4. The van der Waals surface area contributed by atoms with Crippen molar-refractivity contribution >= 4 is 28.3 Å². The van der Waals surface area contributed by atoms with Gasteiger partial charge in [0.2, 0.25) is 5.78 Å². The highest BCUT2D eigenvalue weighted by Crippen LogP contribution is 2.33. The van der Waals surface area contributed by atoms with Gasteiger partial charge in [-0.1, -0.05) is 60.7 Å². The van der Waals surface area contributed by atoms with Crippen molar-refractivity contribution < 1.29 is 14.3 Å². The fourth-order valence-corrected chi connectivity index (χ4v) is 3.77. The molecule has 150 valence electrons. The van der Waals surface area contributed by atoms with Crippen LogP contribution < -0.4 is 5.32 Å². The van der Waals surface area contributed by atoms with E-state index in [1.165, 1.54) is 0 Å². The lowest BCUT2D eigenvalue weighted by Crippen LogP contribution is -2.16. The maximum atomic E-state index is 13.3. The van der Waals surface area contributed by atoms with Gasteiger partial charge in [-0.25, -0.2) is 4.79 Å². The molecule has 0 aliphatic rings. The van der Waals surface area contributed by atoms with Crippen molar-refractivity contribution in [3.63, 3.8) is 0 Å². The Morgan fingerprint density at radius 2 is 1.57 bits per heavy atom. The Labute approximate surface area is 174 Å². The van der Waals surface area contributed by atoms with Gasteiger partial charge >= 0.3 is 5.97 Å². The van der Waals surface area contributed by atoms with Crippen LogP contribution in [0.5, 0.6) is 0 Å². The number of nitrogens with one attached hydrogen (secondary N) is 1. The molecule has 3 aromatic carbocycles. The van der Waals surface area contributed by atoms with Gasteiger partial charge in [-0.05, 0) is 23.8 Å². The van der Waals surface area contributed by atoms with Crippen LogP contribution in [0.15, 0.2) is 78.9 Å². The summed E-state index contributed by atoms with van der Waals surface area (Å²) in [6.45, 7) is -0.329. The van der Waals surface area contributed by atoms with Crippen molar-refractivity contribution in [2.24, 2.45) is 7.05 Å². The summed E-state index contributed by atoms with van der Waals surface area (Å²) in [6, 6.07) is 24.6. The zero-order valence-corrected chi connectivity index (χ0v) is 16.9. The quantitative estimate of drug-likeness (QED) is 0.370. The fourth-order valence-electron chi connectivity index (χ4n) is 3.77. The number of fused-ring (bicyclic) bond motifs is 1. The molecule has 4 aromatic rings. The van der Waals surface area contributed by atoms with Gasteiger partial charge in [-0.3, -0.25) is 4.79 Å². The average Bonchev–Trinajstić information content (AvgIpc) is 3.10. The molecule has 0 aliphatic heterocycles. The van der Waals surface area contributed by atoms with E-state index in [2.05, 4.69) is 5.32 Å². The number of anilines is 1. The zero-order valence-electron chi connectivity index (χ0n) is 16.9. The molecule has 0 unspecified atom stereocenters. The molecule has 0 bridgehead atoms. The number of benzene rings is 3. The molecule has 0 spiro atoms. The summed E-state index contributed by atoms with van der Waals surface area (Å²) in [5, 5.41) is 3.81. The molecule has 0 radical (unpaired) electrons. The molecule has 4 rings (SSSR count). The first-order chi connectivity index (χ1) is 14.6. The van der Waals surface area contributed by atoms with Crippen molar-refractivity contribution in [1.82, 2.24) is 4.57 Å². The number of ketones is 1. The maximum absolute atomic E-state index is 13.3. The Bertz CT molecular complexity index is 1230. The van der Waals surface area contributed by atoms with E-state index in [0.717, 1.165) is 22.2 Å². The smallest absolute Gasteiger partial charge is 0.340 e. The minimum Gasteiger partial charge on any atom is -0.454 e. The topological polar surface area (TPSA) is 60.3 Å². The van der Waals surface area contributed by atoms with E-state index in [-0.39, 0.29) is 12.4 Å². The molecule has 0 aliphatic carbocycles. The summed E-state index contributed by atoms with van der Waals surface area (Å²) in [5.74, 6) is -0.768. The first-order valence-electron chi connectivity index (χ1n) is 9.71. The molecule has 0 amide bonds. The predicted octanol–water partition coefficient (Wildman–Crippen LogP) is 4.93. The van der Waals surface area contributed by atoms with Gasteiger partial charge in [-0.2, -0.15) is 0 Å². The lowest BCUT2D eigenvalue weighted by atomic mass is 10.0. The van der Waals surface area contributed by atoms with Crippen molar-refractivity contribution in [3.8, 4) is 11.3 Å². The lowest BCUT2D eigenvalue weighted by molar-refractivity contribution is 0.0476. The predicted molar refractivity (Wildman–Crippen MR) is 119 cm³/mol. The van der Waals surface area contributed by atoms with E-state index < -0.39 is 5.97 Å². The van der Waals surface area contributed by atoms with E-state index in [4.69, 9.17) is 4.74 Å². The monoisotopic (exact) mass is 398 g/mol. The SMILES string of the molecule is CNc1ccccc1C(=O)OCC(=O)c1c(-c2ccccc2)n(C)c2ccccc12. The van der Waals surface area contributed by atoms with Gasteiger partial charge in [0.05, 0.1) is 16.8 Å². The number of para-hydroxylation sites is 2. The van der Waals surface area contributed by atoms with E-state index in [0.29, 0.717) is 16.8 Å². The number of aryl methyl sites for hydroxylation is 1. The molecular weight excluding hydrogens is 376 g/mol. The number of hydrogen-bond donors (Lipinski definition) is 1. The van der Waals surface area contributed by atoms with Crippen molar-refractivity contribution in [1.29, 1.82) is 0 Å². The number of ether oxygens (including phenoxy) is 1. The van der Waals surface area contributed by atoms with E-state index in [1.807, 2.05) is 72.3 Å². The van der Waals surface area contributed by atoms with Crippen molar-refractivity contribution in [2.45, 2.75) is 0 Å². The molecule has 30 heavy (non-hydrogen) atoms. The number of nitrogens with zero attached hydrogens (tertiary/aromatic N) is 1. The normalized spacial score (nSPS) is 10.7. The first-order valence-corrected chi connectivity index (χ1v) is 9.71. The summed E-state index contributed by atoms with van der Waals surface area (Å²) < 4.78 is 7.41. The van der Waals surface area contributed by atoms with Crippen LogP contribution in [0.25, 0.3) is 22.2 Å². The Morgan fingerprint density at radius 3 is 2.33 bits per heavy atom. The van der Waals surface area contributed by atoms with Gasteiger partial charge in [0.25, 0.3) is 0 Å². The van der Waals surface area contributed by atoms with Crippen LogP contribution in [0.2, 0.25) is 0 Å². The van der Waals surface area contributed by atoms with Gasteiger partial charge in [0.1, 0.15) is 0 Å². The van der Waals surface area contributed by atoms with E-state index >= 15 is 0 Å². The number of esters is 1. The van der Waals surface area contributed by atoms with Crippen LogP contribution in [0, 0.1) is 0 Å². The minimum absolute atomic E-state index is 0.235. The van der Waals surface area contributed by atoms with E-state index in [1.54, 1.807) is 25.2 Å². The molecule has 5 nitrogen and oxygen atoms in total. The summed E-state index contributed by atoms with van der Waals surface area (Å²) in [5.41, 5.74) is 4.32. The molecule has 0 saturated heterocycles. The third-order valence-corrected chi connectivity index (χ3v) is 5.18. The van der Waals surface area contributed by atoms with Crippen LogP contribution in [0.4, 0.5) is 5.69 Å². The average molecular weight is 398 g/mol. The first kappa shape index (κ1) is 19.5. The molecule has 1 aromatic heterocycles. The number of carbonyl (C=O) groups excluding carboxylic acids is 2. The summed E-state index contributed by atoms with van der Waals surface area (Å²) in [6.07, 6.45) is 0.